The van der Waals surface area contributed by atoms with Crippen molar-refractivity contribution >= 4 is 11.5 Å². The Bertz CT molecular complexity index is 1110. The van der Waals surface area contributed by atoms with E-state index < -0.39 is 0 Å². The first-order valence-corrected chi connectivity index (χ1v) is 10.4. The van der Waals surface area contributed by atoms with Gasteiger partial charge >= 0.3 is 0 Å². The molecule has 0 amide bonds. The minimum Gasteiger partial charge on any atom is -0.485 e. The molecule has 154 valence electrons. The van der Waals surface area contributed by atoms with Gasteiger partial charge in [0.05, 0.1) is 5.69 Å². The molecule has 1 atom stereocenters. The van der Waals surface area contributed by atoms with Gasteiger partial charge in [-0.25, -0.2) is 4.98 Å². The summed E-state index contributed by atoms with van der Waals surface area (Å²) in [6.45, 7) is 9.21. The number of hydrogen-bond donors (Lipinski definition) is 1. The Morgan fingerprint density at radius 2 is 1.60 bits per heavy atom. The summed E-state index contributed by atoms with van der Waals surface area (Å²) < 4.78 is 8.29. The molecule has 0 radical (unpaired) electrons. The molecule has 4 nitrogen and oxygen atoms in total. The number of anilines is 1. The van der Waals surface area contributed by atoms with E-state index in [9.17, 15) is 0 Å². The second-order valence-corrected chi connectivity index (χ2v) is 8.69. The predicted molar refractivity (Wildman–Crippen MR) is 123 cm³/mol. The maximum atomic E-state index is 6.18. The normalized spacial score (nSPS) is 12.7. The van der Waals surface area contributed by atoms with Crippen LogP contribution in [0.25, 0.3) is 5.65 Å². The van der Waals surface area contributed by atoms with E-state index in [4.69, 9.17) is 9.72 Å². The van der Waals surface area contributed by atoms with Crippen molar-refractivity contribution in [2.24, 2.45) is 0 Å². The Kier molecular flexibility index (Phi) is 5.49. The highest BCUT2D eigenvalue weighted by atomic mass is 16.5. The van der Waals surface area contributed by atoms with Gasteiger partial charge in [-0.2, -0.15) is 0 Å². The lowest BCUT2D eigenvalue weighted by molar-refractivity contribution is 0.308. The molecule has 2 aromatic carbocycles. The van der Waals surface area contributed by atoms with Crippen LogP contribution < -0.4 is 10.1 Å². The van der Waals surface area contributed by atoms with Crippen molar-refractivity contribution in [3.05, 3.63) is 95.8 Å². The van der Waals surface area contributed by atoms with Gasteiger partial charge in [-0.05, 0) is 44.0 Å². The van der Waals surface area contributed by atoms with E-state index in [1.165, 1.54) is 5.56 Å². The molecule has 1 unspecified atom stereocenters. The monoisotopic (exact) mass is 399 g/mol. The fraction of sp³-hybridized carbons (Fsp3) is 0.269. The molecule has 0 aliphatic rings. The molecule has 0 fully saturated rings. The molecule has 4 aromatic rings. The van der Waals surface area contributed by atoms with Crippen LogP contribution in [0.1, 0.15) is 50.4 Å². The number of aromatic nitrogens is 2. The summed E-state index contributed by atoms with van der Waals surface area (Å²) >= 11 is 0. The Morgan fingerprint density at radius 1 is 0.933 bits per heavy atom. The summed E-state index contributed by atoms with van der Waals surface area (Å²) in [5, 5.41) is 3.67. The van der Waals surface area contributed by atoms with Gasteiger partial charge in [-0.15, -0.1) is 0 Å². The van der Waals surface area contributed by atoms with Gasteiger partial charge in [-0.1, -0.05) is 67.6 Å². The molecule has 4 heteroatoms. The number of ether oxygens (including phenoxy) is 1. The molecule has 2 aromatic heterocycles. The number of rotatable bonds is 6. The van der Waals surface area contributed by atoms with Gasteiger partial charge in [0, 0.05) is 17.7 Å². The van der Waals surface area contributed by atoms with Crippen molar-refractivity contribution in [3.63, 3.8) is 0 Å². The first kappa shape index (κ1) is 20.0. The molecule has 30 heavy (non-hydrogen) atoms. The highest BCUT2D eigenvalue weighted by Gasteiger charge is 2.24. The molecule has 0 aliphatic carbocycles. The Balaban J connectivity index is 1.77. The summed E-state index contributed by atoms with van der Waals surface area (Å²) in [7, 11) is 0. The molecule has 1 N–H and O–H groups in total. The second kappa shape index (κ2) is 8.23. The van der Waals surface area contributed by atoms with Crippen LogP contribution in [-0.4, -0.2) is 14.9 Å². The van der Waals surface area contributed by atoms with Crippen LogP contribution in [0.4, 0.5) is 5.82 Å². The summed E-state index contributed by atoms with van der Waals surface area (Å²) in [6.07, 6.45) is 2.05. The van der Waals surface area contributed by atoms with Crippen molar-refractivity contribution in [3.8, 4) is 5.75 Å². The van der Waals surface area contributed by atoms with Crippen molar-refractivity contribution in [1.82, 2.24) is 9.38 Å². The van der Waals surface area contributed by atoms with Gasteiger partial charge in [0.1, 0.15) is 12.4 Å². The summed E-state index contributed by atoms with van der Waals surface area (Å²) in [6, 6.07) is 24.7. The molecule has 2 heterocycles. The number of hydrogen-bond acceptors (Lipinski definition) is 3. The van der Waals surface area contributed by atoms with Gasteiger partial charge in [0.25, 0.3) is 0 Å². The van der Waals surface area contributed by atoms with Gasteiger partial charge in [0.2, 0.25) is 0 Å². The molecule has 0 saturated carbocycles. The minimum absolute atomic E-state index is 0.0952. The van der Waals surface area contributed by atoms with Gasteiger partial charge in [-0.3, -0.25) is 4.40 Å². The first-order chi connectivity index (χ1) is 14.4. The second-order valence-electron chi connectivity index (χ2n) is 8.69. The quantitative estimate of drug-likeness (QED) is 0.415. The van der Waals surface area contributed by atoms with E-state index in [1.807, 2.05) is 42.6 Å². The molecular formula is C26H29N3O. The third-order valence-corrected chi connectivity index (χ3v) is 5.08. The van der Waals surface area contributed by atoms with Crippen molar-refractivity contribution in [2.45, 2.75) is 45.8 Å². The third-order valence-electron chi connectivity index (χ3n) is 5.08. The van der Waals surface area contributed by atoms with E-state index in [1.54, 1.807) is 0 Å². The maximum Gasteiger partial charge on any atom is 0.181 e. The van der Waals surface area contributed by atoms with Crippen molar-refractivity contribution < 1.29 is 4.74 Å². The van der Waals surface area contributed by atoms with E-state index in [-0.39, 0.29) is 11.5 Å². The zero-order valence-electron chi connectivity index (χ0n) is 18.1. The number of fused-ring (bicyclic) bond motifs is 1. The Morgan fingerprint density at radius 3 is 2.27 bits per heavy atom. The fourth-order valence-electron chi connectivity index (χ4n) is 3.59. The van der Waals surface area contributed by atoms with Crippen LogP contribution in [0.15, 0.2) is 79.0 Å². The predicted octanol–water partition coefficient (Wildman–Crippen LogP) is 6.28. The molecule has 0 saturated heterocycles. The van der Waals surface area contributed by atoms with Crippen LogP contribution in [0.5, 0.6) is 5.75 Å². The SMILES string of the molecule is CC(c1ccccc1)c1nc2c(OCc3ccccc3)cccn2c1NC(C)(C)C. The lowest BCUT2D eigenvalue weighted by Crippen LogP contribution is -2.27. The first-order valence-electron chi connectivity index (χ1n) is 10.4. The highest BCUT2D eigenvalue weighted by molar-refractivity contribution is 5.64. The van der Waals surface area contributed by atoms with Crippen molar-refractivity contribution in [1.29, 1.82) is 0 Å². The highest BCUT2D eigenvalue weighted by Crippen LogP contribution is 2.34. The van der Waals surface area contributed by atoms with Crippen LogP contribution in [-0.2, 0) is 6.61 Å². The van der Waals surface area contributed by atoms with E-state index >= 15 is 0 Å². The zero-order chi connectivity index (χ0) is 21.1. The largest absolute Gasteiger partial charge is 0.485 e. The van der Waals surface area contributed by atoms with Crippen LogP contribution in [0.2, 0.25) is 0 Å². The molecular weight excluding hydrogens is 370 g/mol. The molecule has 0 aliphatic heterocycles. The average molecular weight is 400 g/mol. The van der Waals surface area contributed by atoms with E-state index in [2.05, 4.69) is 73.8 Å². The molecule has 0 spiro atoms. The average Bonchev–Trinajstić information content (AvgIpc) is 3.10. The fourth-order valence-corrected chi connectivity index (χ4v) is 3.59. The van der Waals surface area contributed by atoms with E-state index in [0.717, 1.165) is 28.5 Å². The summed E-state index contributed by atoms with van der Waals surface area (Å²) in [5.74, 6) is 1.95. The Hall–Kier alpha value is -3.27. The summed E-state index contributed by atoms with van der Waals surface area (Å²) in [4.78, 5) is 5.06. The number of nitrogens with zero attached hydrogens (tertiary/aromatic N) is 2. The van der Waals surface area contributed by atoms with Crippen LogP contribution in [0.3, 0.4) is 0 Å². The smallest absolute Gasteiger partial charge is 0.181 e. The third kappa shape index (κ3) is 4.33. The lowest BCUT2D eigenvalue weighted by atomic mass is 9.97. The van der Waals surface area contributed by atoms with Crippen molar-refractivity contribution in [2.75, 3.05) is 5.32 Å². The maximum absolute atomic E-state index is 6.18. The lowest BCUT2D eigenvalue weighted by Gasteiger charge is -2.24. The Labute approximate surface area is 178 Å². The zero-order valence-corrected chi connectivity index (χ0v) is 18.1. The molecule has 4 rings (SSSR count). The van der Waals surface area contributed by atoms with Crippen LogP contribution in [0, 0.1) is 0 Å². The topological polar surface area (TPSA) is 38.6 Å². The number of benzene rings is 2. The number of pyridine rings is 1. The molecule has 0 bridgehead atoms. The van der Waals surface area contributed by atoms with E-state index in [0.29, 0.717) is 6.61 Å². The van der Waals surface area contributed by atoms with Gasteiger partial charge < -0.3 is 10.1 Å². The number of imidazole rings is 1. The standard InChI is InChI=1S/C26H29N3O/c1-19(21-14-9-6-10-15-21)23-25(28-26(2,3)4)29-17-11-16-22(24(29)27-23)30-18-20-12-7-5-8-13-20/h5-17,19,28H,18H2,1-4H3. The van der Waals surface area contributed by atoms with Crippen LogP contribution >= 0.6 is 0 Å². The minimum atomic E-state index is -0.0952. The number of nitrogens with one attached hydrogen (secondary N) is 1. The van der Waals surface area contributed by atoms with Gasteiger partial charge in [0.15, 0.2) is 11.4 Å². The summed E-state index contributed by atoms with van der Waals surface area (Å²) in [5.41, 5.74) is 4.13.